The van der Waals surface area contributed by atoms with Gasteiger partial charge < -0.3 is 14.8 Å². The summed E-state index contributed by atoms with van der Waals surface area (Å²) in [5.41, 5.74) is 1.14. The molecule has 2 aromatic rings. The number of rotatable bonds is 6. The van der Waals surface area contributed by atoms with Crippen LogP contribution in [0, 0.1) is 0 Å². The molecule has 6 heteroatoms. The van der Waals surface area contributed by atoms with E-state index < -0.39 is 11.7 Å². The van der Waals surface area contributed by atoms with E-state index in [0.29, 0.717) is 17.5 Å². The van der Waals surface area contributed by atoms with Gasteiger partial charge in [0.05, 0.1) is 5.56 Å². The second-order valence-electron chi connectivity index (χ2n) is 6.71. The molecule has 26 heavy (non-hydrogen) atoms. The normalized spacial score (nSPS) is 14.4. The summed E-state index contributed by atoms with van der Waals surface area (Å²) in [7, 11) is 0. The fourth-order valence-electron chi connectivity index (χ4n) is 3.39. The lowest BCUT2D eigenvalue weighted by atomic mass is 10.1. The first-order valence-corrected chi connectivity index (χ1v) is 9.30. The molecule has 6 nitrogen and oxygen atoms in total. The molecule has 0 radical (unpaired) electrons. The van der Waals surface area contributed by atoms with Crippen LogP contribution in [-0.4, -0.2) is 46.7 Å². The minimum Gasteiger partial charge on any atom is -0.349 e. The van der Waals surface area contributed by atoms with Crippen LogP contribution in [0.2, 0.25) is 0 Å². The molecule has 0 saturated carbocycles. The Bertz CT molecular complexity index is 819. The minimum atomic E-state index is -0.600. The highest BCUT2D eigenvalue weighted by Crippen LogP contribution is 2.22. The van der Waals surface area contributed by atoms with Gasteiger partial charge in [0.2, 0.25) is 5.91 Å². The lowest BCUT2D eigenvalue weighted by molar-refractivity contribution is -0.132. The number of nitrogens with zero attached hydrogens (tertiary/aromatic N) is 2. The largest absolute Gasteiger partial charge is 0.349 e. The molecule has 2 heterocycles. The van der Waals surface area contributed by atoms with Crippen molar-refractivity contribution in [3.8, 4) is 0 Å². The van der Waals surface area contributed by atoms with Crippen LogP contribution in [0.15, 0.2) is 30.5 Å². The van der Waals surface area contributed by atoms with Crippen molar-refractivity contribution in [3.63, 3.8) is 0 Å². The van der Waals surface area contributed by atoms with Gasteiger partial charge in [0, 0.05) is 36.7 Å². The number of aromatic nitrogens is 1. The Morgan fingerprint density at radius 2 is 1.81 bits per heavy atom. The predicted molar refractivity (Wildman–Crippen MR) is 100 cm³/mol. The molecule has 0 spiro atoms. The number of amides is 2. The number of carbonyl (C=O) groups excluding carboxylic acids is 3. The van der Waals surface area contributed by atoms with Crippen molar-refractivity contribution in [2.24, 2.45) is 0 Å². The zero-order valence-electron chi connectivity index (χ0n) is 15.2. The maximum atomic E-state index is 12.6. The molecule has 1 fully saturated rings. The zero-order chi connectivity index (χ0) is 18.5. The summed E-state index contributed by atoms with van der Waals surface area (Å²) in [5, 5.41) is 3.33. The smallest absolute Gasteiger partial charge is 0.292 e. The van der Waals surface area contributed by atoms with Crippen molar-refractivity contribution >= 4 is 28.5 Å². The number of likely N-dealkylation sites (tertiary alicyclic amines) is 1. The molecule has 1 aliphatic rings. The van der Waals surface area contributed by atoms with E-state index in [4.69, 9.17) is 0 Å². The highest BCUT2D eigenvalue weighted by atomic mass is 16.2. The van der Waals surface area contributed by atoms with Gasteiger partial charge in [0.1, 0.15) is 6.54 Å². The summed E-state index contributed by atoms with van der Waals surface area (Å²) in [5.74, 6) is -1.10. The van der Waals surface area contributed by atoms with Gasteiger partial charge in [-0.05, 0) is 31.7 Å². The number of hydrogen-bond acceptors (Lipinski definition) is 3. The van der Waals surface area contributed by atoms with Gasteiger partial charge in [0.15, 0.2) is 0 Å². The van der Waals surface area contributed by atoms with Crippen LogP contribution in [0.5, 0.6) is 0 Å². The Morgan fingerprint density at radius 3 is 2.54 bits per heavy atom. The molecular weight excluding hydrogens is 330 g/mol. The quantitative estimate of drug-likeness (QED) is 0.639. The lowest BCUT2D eigenvalue weighted by Crippen LogP contribution is -2.37. The monoisotopic (exact) mass is 355 g/mol. The van der Waals surface area contributed by atoms with Gasteiger partial charge in [-0.15, -0.1) is 0 Å². The third kappa shape index (κ3) is 3.79. The molecule has 0 atom stereocenters. The molecule has 1 aromatic heterocycles. The maximum absolute atomic E-state index is 12.6. The average Bonchev–Trinajstić information content (AvgIpc) is 3.04. The molecule has 1 saturated heterocycles. The number of para-hydroxylation sites is 1. The van der Waals surface area contributed by atoms with Crippen molar-refractivity contribution in [2.45, 2.75) is 39.2 Å². The Balaban J connectivity index is 1.86. The lowest BCUT2D eigenvalue weighted by Gasteiger charge is -2.27. The zero-order valence-corrected chi connectivity index (χ0v) is 15.2. The SMILES string of the molecule is CCCNC(=O)C(=O)c1cn(CC(=O)N2CCCCC2)c2ccccc12. The first-order chi connectivity index (χ1) is 12.6. The number of hydrogen-bond donors (Lipinski definition) is 1. The van der Waals surface area contributed by atoms with Crippen LogP contribution >= 0.6 is 0 Å². The molecule has 1 aliphatic heterocycles. The van der Waals surface area contributed by atoms with Crippen LogP contribution in [0.4, 0.5) is 0 Å². The van der Waals surface area contributed by atoms with Crippen LogP contribution in [-0.2, 0) is 16.1 Å². The first-order valence-electron chi connectivity index (χ1n) is 9.30. The molecule has 3 rings (SSSR count). The van der Waals surface area contributed by atoms with Crippen molar-refractivity contribution in [1.82, 2.24) is 14.8 Å². The Hall–Kier alpha value is -2.63. The number of benzene rings is 1. The fourth-order valence-corrected chi connectivity index (χ4v) is 3.39. The van der Waals surface area contributed by atoms with Crippen LogP contribution in [0.3, 0.4) is 0 Å². The van der Waals surface area contributed by atoms with Gasteiger partial charge in [-0.1, -0.05) is 25.1 Å². The van der Waals surface area contributed by atoms with E-state index in [0.717, 1.165) is 37.9 Å². The molecule has 0 bridgehead atoms. The standard InChI is InChI=1S/C20H25N3O3/c1-2-10-21-20(26)19(25)16-13-23(17-9-5-4-8-15(16)17)14-18(24)22-11-6-3-7-12-22/h4-5,8-9,13H,2-3,6-7,10-12,14H2,1H3,(H,21,26). The molecule has 1 N–H and O–H groups in total. The van der Waals surface area contributed by atoms with Gasteiger partial charge in [-0.3, -0.25) is 14.4 Å². The number of Topliss-reactive ketones (excluding diaryl/α,β-unsaturated/α-hetero) is 1. The van der Waals surface area contributed by atoms with Gasteiger partial charge in [0.25, 0.3) is 11.7 Å². The number of ketones is 1. The highest BCUT2D eigenvalue weighted by Gasteiger charge is 2.23. The molecule has 0 aliphatic carbocycles. The Morgan fingerprint density at radius 1 is 1.08 bits per heavy atom. The Labute approximate surface area is 153 Å². The summed E-state index contributed by atoms with van der Waals surface area (Å²) >= 11 is 0. The van der Waals surface area contributed by atoms with E-state index in [1.807, 2.05) is 36.1 Å². The van der Waals surface area contributed by atoms with E-state index in [2.05, 4.69) is 5.32 Å². The minimum absolute atomic E-state index is 0.0555. The van der Waals surface area contributed by atoms with E-state index in [1.165, 1.54) is 6.42 Å². The number of carbonyl (C=O) groups is 3. The van der Waals surface area contributed by atoms with Crippen LogP contribution in [0.1, 0.15) is 43.0 Å². The number of fused-ring (bicyclic) bond motifs is 1. The summed E-state index contributed by atoms with van der Waals surface area (Å²) in [4.78, 5) is 39.1. The summed E-state index contributed by atoms with van der Waals surface area (Å²) in [6.45, 7) is 4.18. The molecule has 2 amide bonds. The third-order valence-electron chi connectivity index (χ3n) is 4.79. The van der Waals surface area contributed by atoms with Gasteiger partial charge in [-0.2, -0.15) is 0 Å². The van der Waals surface area contributed by atoms with Crippen LogP contribution < -0.4 is 5.32 Å². The van der Waals surface area contributed by atoms with E-state index >= 15 is 0 Å². The fraction of sp³-hybridized carbons (Fsp3) is 0.450. The van der Waals surface area contributed by atoms with Gasteiger partial charge in [-0.25, -0.2) is 0 Å². The number of piperidine rings is 1. The predicted octanol–water partition coefficient (Wildman–Crippen LogP) is 2.36. The molecule has 0 unspecified atom stereocenters. The molecule has 138 valence electrons. The Kier molecular flexibility index (Phi) is 5.71. The maximum Gasteiger partial charge on any atom is 0.292 e. The summed E-state index contributed by atoms with van der Waals surface area (Å²) < 4.78 is 1.78. The molecule has 1 aromatic carbocycles. The summed E-state index contributed by atoms with van der Waals surface area (Å²) in [6.07, 6.45) is 5.66. The van der Waals surface area contributed by atoms with Crippen molar-refractivity contribution in [3.05, 3.63) is 36.0 Å². The topological polar surface area (TPSA) is 71.4 Å². The second kappa shape index (κ2) is 8.17. The highest BCUT2D eigenvalue weighted by molar-refractivity contribution is 6.45. The second-order valence-corrected chi connectivity index (χ2v) is 6.71. The average molecular weight is 355 g/mol. The van der Waals surface area contributed by atoms with Gasteiger partial charge >= 0.3 is 0 Å². The van der Waals surface area contributed by atoms with Crippen LogP contribution in [0.25, 0.3) is 10.9 Å². The number of nitrogens with one attached hydrogen (secondary N) is 1. The third-order valence-corrected chi connectivity index (χ3v) is 4.79. The van der Waals surface area contributed by atoms with Crippen molar-refractivity contribution < 1.29 is 14.4 Å². The summed E-state index contributed by atoms with van der Waals surface area (Å²) in [6, 6.07) is 7.40. The van der Waals surface area contributed by atoms with Crippen molar-refractivity contribution in [1.29, 1.82) is 0 Å². The first kappa shape index (κ1) is 18.2. The van der Waals surface area contributed by atoms with E-state index in [9.17, 15) is 14.4 Å². The van der Waals surface area contributed by atoms with E-state index in [1.54, 1.807) is 10.8 Å². The van der Waals surface area contributed by atoms with E-state index in [-0.39, 0.29) is 12.5 Å². The molecular formula is C20H25N3O3. The van der Waals surface area contributed by atoms with Crippen molar-refractivity contribution in [2.75, 3.05) is 19.6 Å².